The van der Waals surface area contributed by atoms with Crippen LogP contribution in [0.15, 0.2) is 18.2 Å². The van der Waals surface area contributed by atoms with Gasteiger partial charge in [0.25, 0.3) is 11.8 Å². The molecule has 2 amide bonds. The van der Waals surface area contributed by atoms with E-state index in [4.69, 9.17) is 4.74 Å². The predicted octanol–water partition coefficient (Wildman–Crippen LogP) is 3.09. The van der Waals surface area contributed by atoms with Gasteiger partial charge in [0.05, 0.1) is 23.3 Å². The number of nitrogens with one attached hydrogen (secondary N) is 1. The Morgan fingerprint density at radius 3 is 2.45 bits per heavy atom. The maximum Gasteiger partial charge on any atom is 0.338 e. The third-order valence-electron chi connectivity index (χ3n) is 3.70. The van der Waals surface area contributed by atoms with Crippen LogP contribution in [-0.2, 0) is 4.74 Å². The minimum absolute atomic E-state index is 0.235. The highest BCUT2D eigenvalue weighted by Crippen LogP contribution is 2.18. The molecule has 2 rings (SSSR count). The zero-order valence-electron chi connectivity index (χ0n) is 12.8. The largest absolute Gasteiger partial charge is 0.462 e. The maximum atomic E-state index is 11.9. The van der Waals surface area contributed by atoms with Gasteiger partial charge in [-0.1, -0.05) is 39.0 Å². The number of benzene rings is 1. The Morgan fingerprint density at radius 1 is 1.00 bits per heavy atom. The Bertz CT molecular complexity index is 580. The van der Waals surface area contributed by atoms with Gasteiger partial charge in [-0.05, 0) is 24.6 Å². The van der Waals surface area contributed by atoms with Crippen LogP contribution in [0.3, 0.4) is 0 Å². The van der Waals surface area contributed by atoms with Gasteiger partial charge < -0.3 is 4.74 Å². The van der Waals surface area contributed by atoms with Crippen molar-refractivity contribution in [3.8, 4) is 0 Å². The molecule has 0 unspecified atom stereocenters. The van der Waals surface area contributed by atoms with Gasteiger partial charge in [0.1, 0.15) is 0 Å². The van der Waals surface area contributed by atoms with E-state index in [2.05, 4.69) is 12.2 Å². The lowest BCUT2D eigenvalue weighted by Crippen LogP contribution is -2.19. The van der Waals surface area contributed by atoms with Gasteiger partial charge in [0.2, 0.25) is 0 Å². The molecule has 0 atom stereocenters. The van der Waals surface area contributed by atoms with Crippen LogP contribution >= 0.6 is 0 Å². The molecule has 0 saturated carbocycles. The van der Waals surface area contributed by atoms with Crippen molar-refractivity contribution in [1.82, 2.24) is 5.32 Å². The first-order valence-corrected chi connectivity index (χ1v) is 7.80. The molecule has 118 valence electrons. The van der Waals surface area contributed by atoms with Gasteiger partial charge in [-0.2, -0.15) is 0 Å². The highest BCUT2D eigenvalue weighted by Gasteiger charge is 2.27. The molecule has 1 aromatic rings. The molecule has 0 saturated heterocycles. The van der Waals surface area contributed by atoms with Gasteiger partial charge in [0.15, 0.2) is 0 Å². The molecule has 0 bridgehead atoms. The summed E-state index contributed by atoms with van der Waals surface area (Å²) in [6.45, 7) is 2.55. The molecule has 1 aromatic carbocycles. The number of imide groups is 1. The SMILES string of the molecule is CCCCCCCCOC(=O)c1ccc2c(c1)C(=O)NC2=O. The standard InChI is InChI=1S/C17H21NO4/c1-2-3-4-5-6-7-10-22-17(21)12-8-9-13-14(11-12)16(20)18-15(13)19/h8-9,11H,2-7,10H2,1H3,(H,18,19,20). The number of esters is 1. The third-order valence-corrected chi connectivity index (χ3v) is 3.70. The lowest BCUT2D eigenvalue weighted by atomic mass is 10.1. The Balaban J connectivity index is 1.80. The van der Waals surface area contributed by atoms with Crippen LogP contribution in [0.2, 0.25) is 0 Å². The van der Waals surface area contributed by atoms with Crippen molar-refractivity contribution in [1.29, 1.82) is 0 Å². The monoisotopic (exact) mass is 303 g/mol. The van der Waals surface area contributed by atoms with Crippen molar-refractivity contribution >= 4 is 17.8 Å². The van der Waals surface area contributed by atoms with Crippen LogP contribution in [0.1, 0.15) is 76.5 Å². The second-order valence-electron chi connectivity index (χ2n) is 5.45. The smallest absolute Gasteiger partial charge is 0.338 e. The van der Waals surface area contributed by atoms with E-state index in [9.17, 15) is 14.4 Å². The van der Waals surface area contributed by atoms with E-state index in [0.717, 1.165) is 19.3 Å². The lowest BCUT2D eigenvalue weighted by Gasteiger charge is -2.05. The highest BCUT2D eigenvalue weighted by molar-refractivity contribution is 6.22. The average molecular weight is 303 g/mol. The number of rotatable bonds is 8. The summed E-state index contributed by atoms with van der Waals surface area (Å²) in [4.78, 5) is 34.9. The van der Waals surface area contributed by atoms with Crippen LogP contribution in [0.25, 0.3) is 0 Å². The quantitative estimate of drug-likeness (QED) is 0.455. The second kappa shape index (κ2) is 7.73. The number of amides is 2. The lowest BCUT2D eigenvalue weighted by molar-refractivity contribution is 0.0497. The van der Waals surface area contributed by atoms with E-state index in [1.165, 1.54) is 37.5 Å². The number of hydrogen-bond acceptors (Lipinski definition) is 4. The minimum Gasteiger partial charge on any atom is -0.462 e. The van der Waals surface area contributed by atoms with E-state index < -0.39 is 17.8 Å². The van der Waals surface area contributed by atoms with Crippen molar-refractivity contribution in [2.75, 3.05) is 6.61 Å². The van der Waals surface area contributed by atoms with Gasteiger partial charge in [-0.25, -0.2) is 4.79 Å². The Kier molecular flexibility index (Phi) is 5.69. The van der Waals surface area contributed by atoms with Crippen molar-refractivity contribution in [2.24, 2.45) is 0 Å². The summed E-state index contributed by atoms with van der Waals surface area (Å²) in [7, 11) is 0. The first-order valence-electron chi connectivity index (χ1n) is 7.80. The normalized spacial score (nSPS) is 13.0. The van der Waals surface area contributed by atoms with E-state index in [-0.39, 0.29) is 5.56 Å². The van der Waals surface area contributed by atoms with Crippen molar-refractivity contribution < 1.29 is 19.1 Å². The van der Waals surface area contributed by atoms with Gasteiger partial charge in [0, 0.05) is 0 Å². The van der Waals surface area contributed by atoms with E-state index in [1.54, 1.807) is 0 Å². The summed E-state index contributed by atoms with van der Waals surface area (Å²) in [5, 5.41) is 2.20. The number of carbonyl (C=O) groups excluding carboxylic acids is 3. The summed E-state index contributed by atoms with van der Waals surface area (Å²) in [5.74, 6) is -1.35. The van der Waals surface area contributed by atoms with Crippen LogP contribution in [0.5, 0.6) is 0 Å². The topological polar surface area (TPSA) is 72.5 Å². The molecular weight excluding hydrogens is 282 g/mol. The molecular formula is C17H21NO4. The van der Waals surface area contributed by atoms with Crippen LogP contribution in [0, 0.1) is 0 Å². The number of unbranched alkanes of at least 4 members (excludes halogenated alkanes) is 5. The summed E-state index contributed by atoms with van der Waals surface area (Å²) < 4.78 is 5.20. The molecule has 0 spiro atoms. The number of fused-ring (bicyclic) bond motifs is 1. The Hall–Kier alpha value is -2.17. The zero-order chi connectivity index (χ0) is 15.9. The number of hydrogen-bond donors (Lipinski definition) is 1. The zero-order valence-corrected chi connectivity index (χ0v) is 12.8. The molecule has 0 aromatic heterocycles. The first kappa shape index (κ1) is 16.2. The fraction of sp³-hybridized carbons (Fsp3) is 0.471. The molecule has 0 fully saturated rings. The minimum atomic E-state index is -0.467. The molecule has 1 aliphatic heterocycles. The van der Waals surface area contributed by atoms with E-state index in [1.807, 2.05) is 0 Å². The molecule has 0 radical (unpaired) electrons. The fourth-order valence-corrected chi connectivity index (χ4v) is 2.43. The Morgan fingerprint density at radius 2 is 1.68 bits per heavy atom. The molecule has 1 N–H and O–H groups in total. The molecule has 5 nitrogen and oxygen atoms in total. The predicted molar refractivity (Wildman–Crippen MR) is 81.9 cm³/mol. The van der Waals surface area contributed by atoms with Crippen LogP contribution < -0.4 is 5.32 Å². The van der Waals surface area contributed by atoms with Crippen molar-refractivity contribution in [3.05, 3.63) is 34.9 Å². The molecule has 5 heteroatoms. The van der Waals surface area contributed by atoms with E-state index in [0.29, 0.717) is 17.7 Å². The van der Waals surface area contributed by atoms with Crippen LogP contribution in [-0.4, -0.2) is 24.4 Å². The highest BCUT2D eigenvalue weighted by atomic mass is 16.5. The third kappa shape index (κ3) is 3.93. The van der Waals surface area contributed by atoms with Crippen molar-refractivity contribution in [3.63, 3.8) is 0 Å². The number of ether oxygens (including phenoxy) is 1. The number of carbonyl (C=O) groups is 3. The van der Waals surface area contributed by atoms with Gasteiger partial charge >= 0.3 is 5.97 Å². The van der Waals surface area contributed by atoms with Crippen molar-refractivity contribution in [2.45, 2.75) is 45.4 Å². The maximum absolute atomic E-state index is 11.9. The molecule has 1 heterocycles. The van der Waals surface area contributed by atoms with Crippen LogP contribution in [0.4, 0.5) is 0 Å². The molecule has 0 aliphatic carbocycles. The Labute approximate surface area is 130 Å². The molecule has 22 heavy (non-hydrogen) atoms. The molecule has 1 aliphatic rings. The fourth-order valence-electron chi connectivity index (χ4n) is 2.43. The first-order chi connectivity index (χ1) is 10.6. The second-order valence-corrected chi connectivity index (χ2v) is 5.45. The van der Waals surface area contributed by atoms with Gasteiger partial charge in [-0.15, -0.1) is 0 Å². The summed E-state index contributed by atoms with van der Waals surface area (Å²) in [6, 6.07) is 4.41. The average Bonchev–Trinajstić information content (AvgIpc) is 2.80. The summed E-state index contributed by atoms with van der Waals surface area (Å²) in [5.41, 5.74) is 0.839. The van der Waals surface area contributed by atoms with E-state index >= 15 is 0 Å². The summed E-state index contributed by atoms with van der Waals surface area (Å²) in [6.07, 6.45) is 6.73. The van der Waals surface area contributed by atoms with Gasteiger partial charge in [-0.3, -0.25) is 14.9 Å². The summed E-state index contributed by atoms with van der Waals surface area (Å²) >= 11 is 0.